The quantitative estimate of drug-likeness (QED) is 0.338. The van der Waals surface area contributed by atoms with Crippen LogP contribution in [0.4, 0.5) is 5.82 Å². The lowest BCUT2D eigenvalue weighted by Gasteiger charge is -2.36. The van der Waals surface area contributed by atoms with E-state index in [0.717, 1.165) is 59.4 Å². The molecule has 1 aliphatic carbocycles. The van der Waals surface area contributed by atoms with Crippen molar-refractivity contribution in [2.75, 3.05) is 18.8 Å². The van der Waals surface area contributed by atoms with E-state index < -0.39 is 0 Å². The van der Waals surface area contributed by atoms with Crippen molar-refractivity contribution >= 4 is 16.9 Å². The molecule has 5 rings (SSSR count). The first-order valence-corrected chi connectivity index (χ1v) is 12.8. The molecule has 2 heterocycles. The molecule has 2 aromatic carbocycles. The molecule has 0 aliphatic heterocycles. The maximum absolute atomic E-state index is 6.41. The molecule has 0 bridgehead atoms. The fourth-order valence-corrected chi connectivity index (χ4v) is 5.54. The predicted molar refractivity (Wildman–Crippen MR) is 142 cm³/mol. The lowest BCUT2D eigenvalue weighted by atomic mass is 9.90. The largest absolute Gasteiger partial charge is 0.489 e. The Morgan fingerprint density at radius 1 is 0.971 bits per heavy atom. The molecule has 1 saturated carbocycles. The van der Waals surface area contributed by atoms with E-state index in [9.17, 15) is 0 Å². The average molecular weight is 470 g/mol. The van der Waals surface area contributed by atoms with Gasteiger partial charge in [0.15, 0.2) is 0 Å². The monoisotopic (exact) mass is 469 g/mol. The zero-order chi connectivity index (χ0) is 24.2. The highest BCUT2D eigenvalue weighted by Crippen LogP contribution is 2.39. The maximum atomic E-state index is 6.41. The van der Waals surface area contributed by atoms with Crippen LogP contribution in [0.5, 0.6) is 5.75 Å². The van der Waals surface area contributed by atoms with Gasteiger partial charge in [-0.05, 0) is 62.0 Å². The van der Waals surface area contributed by atoms with Gasteiger partial charge in [0.2, 0.25) is 0 Å². The minimum atomic E-state index is 0.421. The number of benzene rings is 2. The SMILES string of the molecule is CCN(CC)C1CCC(n2cc(-c3cccc(OCc4ccccc4)c3)c3c(N)ncnc32)CC1. The van der Waals surface area contributed by atoms with Gasteiger partial charge in [0.05, 0.1) is 5.39 Å². The summed E-state index contributed by atoms with van der Waals surface area (Å²) in [7, 11) is 0. The second-order valence-corrected chi connectivity index (χ2v) is 9.39. The number of rotatable bonds is 8. The summed E-state index contributed by atoms with van der Waals surface area (Å²) in [5.41, 5.74) is 10.6. The van der Waals surface area contributed by atoms with Crippen molar-refractivity contribution in [2.45, 2.75) is 58.2 Å². The lowest BCUT2D eigenvalue weighted by Crippen LogP contribution is -2.38. The van der Waals surface area contributed by atoms with Crippen LogP contribution >= 0.6 is 0 Å². The van der Waals surface area contributed by atoms with Crippen LogP contribution in [0.25, 0.3) is 22.2 Å². The average Bonchev–Trinajstić information content (AvgIpc) is 3.30. The van der Waals surface area contributed by atoms with E-state index in [0.29, 0.717) is 24.5 Å². The zero-order valence-electron chi connectivity index (χ0n) is 20.7. The lowest BCUT2D eigenvalue weighted by molar-refractivity contribution is 0.151. The molecule has 6 nitrogen and oxygen atoms in total. The molecule has 0 unspecified atom stereocenters. The van der Waals surface area contributed by atoms with Gasteiger partial charge in [0.25, 0.3) is 0 Å². The van der Waals surface area contributed by atoms with E-state index in [2.05, 4.69) is 63.7 Å². The number of aromatic nitrogens is 3. The topological polar surface area (TPSA) is 69.2 Å². The number of hydrogen-bond donors (Lipinski definition) is 1. The maximum Gasteiger partial charge on any atom is 0.146 e. The Morgan fingerprint density at radius 3 is 2.49 bits per heavy atom. The molecule has 2 aromatic heterocycles. The van der Waals surface area contributed by atoms with Crippen LogP contribution in [-0.4, -0.2) is 38.6 Å². The van der Waals surface area contributed by atoms with E-state index in [1.807, 2.05) is 30.3 Å². The summed E-state index contributed by atoms with van der Waals surface area (Å²) in [6.45, 7) is 7.30. The van der Waals surface area contributed by atoms with Crippen LogP contribution in [0.1, 0.15) is 51.1 Å². The van der Waals surface area contributed by atoms with Gasteiger partial charge in [-0.15, -0.1) is 0 Å². The highest BCUT2D eigenvalue weighted by Gasteiger charge is 2.27. The van der Waals surface area contributed by atoms with Gasteiger partial charge in [-0.3, -0.25) is 0 Å². The van der Waals surface area contributed by atoms with Gasteiger partial charge in [-0.25, -0.2) is 9.97 Å². The molecule has 35 heavy (non-hydrogen) atoms. The number of ether oxygens (including phenoxy) is 1. The molecule has 1 aliphatic rings. The number of nitrogens with two attached hydrogens (primary N) is 1. The number of anilines is 1. The van der Waals surface area contributed by atoms with Crippen molar-refractivity contribution in [3.63, 3.8) is 0 Å². The standard InChI is InChI=1S/C29H35N5O/c1-3-33(4-2)23-13-15-24(16-14-23)34-18-26(27-28(30)31-20-32-29(27)34)22-11-8-12-25(17-22)35-19-21-9-6-5-7-10-21/h5-12,17-18,20,23-24H,3-4,13-16,19H2,1-2H3,(H2,30,31,32). The molecule has 0 saturated heterocycles. The van der Waals surface area contributed by atoms with Gasteiger partial charge >= 0.3 is 0 Å². The van der Waals surface area contributed by atoms with E-state index in [4.69, 9.17) is 10.5 Å². The minimum Gasteiger partial charge on any atom is -0.489 e. The molecular weight excluding hydrogens is 434 g/mol. The Labute approximate surface area is 207 Å². The minimum absolute atomic E-state index is 0.421. The second-order valence-electron chi connectivity index (χ2n) is 9.39. The first-order valence-electron chi connectivity index (χ1n) is 12.8. The highest BCUT2D eigenvalue weighted by atomic mass is 16.5. The van der Waals surface area contributed by atoms with Crippen LogP contribution in [0.3, 0.4) is 0 Å². The fourth-order valence-electron chi connectivity index (χ4n) is 5.54. The third-order valence-electron chi connectivity index (χ3n) is 7.42. The van der Waals surface area contributed by atoms with Crippen LogP contribution in [0, 0.1) is 0 Å². The number of fused-ring (bicyclic) bond motifs is 1. The molecule has 0 atom stereocenters. The van der Waals surface area contributed by atoms with Crippen LogP contribution in [0.15, 0.2) is 67.1 Å². The first-order chi connectivity index (χ1) is 17.2. The Kier molecular flexibility index (Phi) is 7.00. The Bertz CT molecular complexity index is 1260. The number of hydrogen-bond acceptors (Lipinski definition) is 5. The molecule has 6 heteroatoms. The smallest absolute Gasteiger partial charge is 0.146 e. The van der Waals surface area contributed by atoms with Gasteiger partial charge < -0.3 is 19.9 Å². The van der Waals surface area contributed by atoms with Gasteiger partial charge in [0, 0.05) is 23.8 Å². The third-order valence-corrected chi connectivity index (χ3v) is 7.42. The van der Waals surface area contributed by atoms with Crippen molar-refractivity contribution in [2.24, 2.45) is 0 Å². The van der Waals surface area contributed by atoms with Crippen molar-refractivity contribution in [3.8, 4) is 16.9 Å². The number of nitrogens with zero attached hydrogens (tertiary/aromatic N) is 4. The Balaban J connectivity index is 1.43. The van der Waals surface area contributed by atoms with Gasteiger partial charge in [-0.1, -0.05) is 56.3 Å². The highest BCUT2D eigenvalue weighted by molar-refractivity contribution is 6.00. The Hall–Kier alpha value is -3.38. The fraction of sp³-hybridized carbons (Fsp3) is 0.379. The molecular formula is C29H35N5O. The number of nitrogen functional groups attached to an aromatic ring is 1. The van der Waals surface area contributed by atoms with Gasteiger partial charge in [-0.2, -0.15) is 0 Å². The molecule has 0 amide bonds. The molecule has 4 aromatic rings. The summed E-state index contributed by atoms with van der Waals surface area (Å²) in [5, 5.41) is 0.929. The molecule has 182 valence electrons. The van der Waals surface area contributed by atoms with E-state index in [1.165, 1.54) is 12.8 Å². The molecule has 0 spiro atoms. The normalized spacial score (nSPS) is 18.3. The van der Waals surface area contributed by atoms with Crippen LogP contribution < -0.4 is 10.5 Å². The van der Waals surface area contributed by atoms with Crippen molar-refractivity contribution in [1.29, 1.82) is 0 Å². The summed E-state index contributed by atoms with van der Waals surface area (Å²) in [4.78, 5) is 11.6. The van der Waals surface area contributed by atoms with E-state index in [1.54, 1.807) is 6.33 Å². The van der Waals surface area contributed by atoms with E-state index >= 15 is 0 Å². The van der Waals surface area contributed by atoms with Gasteiger partial charge in [0.1, 0.15) is 30.1 Å². The predicted octanol–water partition coefficient (Wildman–Crippen LogP) is 6.09. The van der Waals surface area contributed by atoms with E-state index in [-0.39, 0.29) is 0 Å². The van der Waals surface area contributed by atoms with Crippen LogP contribution in [-0.2, 0) is 6.61 Å². The summed E-state index contributed by atoms with van der Waals surface area (Å²) in [6, 6.07) is 19.6. The first kappa shape index (κ1) is 23.4. The third kappa shape index (κ3) is 4.89. The molecule has 0 radical (unpaired) electrons. The van der Waals surface area contributed by atoms with Crippen molar-refractivity contribution in [3.05, 3.63) is 72.7 Å². The van der Waals surface area contributed by atoms with Crippen molar-refractivity contribution < 1.29 is 4.74 Å². The summed E-state index contributed by atoms with van der Waals surface area (Å²) in [5.74, 6) is 1.36. The summed E-state index contributed by atoms with van der Waals surface area (Å²) in [6.07, 6.45) is 8.53. The summed E-state index contributed by atoms with van der Waals surface area (Å²) < 4.78 is 8.45. The Morgan fingerprint density at radius 2 is 1.74 bits per heavy atom. The van der Waals surface area contributed by atoms with Crippen molar-refractivity contribution in [1.82, 2.24) is 19.4 Å². The zero-order valence-corrected chi connectivity index (χ0v) is 20.7. The summed E-state index contributed by atoms with van der Waals surface area (Å²) >= 11 is 0. The molecule has 1 fully saturated rings. The second kappa shape index (κ2) is 10.5. The molecule has 2 N–H and O–H groups in total. The van der Waals surface area contributed by atoms with Crippen LogP contribution in [0.2, 0.25) is 0 Å².